The first-order valence-corrected chi connectivity index (χ1v) is 8.27. The number of ether oxygens (including phenoxy) is 2. The van der Waals surface area contributed by atoms with Crippen LogP contribution in [0.5, 0.6) is 5.75 Å². The first-order chi connectivity index (χ1) is 11.0. The van der Waals surface area contributed by atoms with Gasteiger partial charge in [0, 0.05) is 26.1 Å². The van der Waals surface area contributed by atoms with Crippen molar-refractivity contribution < 1.29 is 14.3 Å². The van der Waals surface area contributed by atoms with E-state index in [1.165, 1.54) is 5.56 Å². The summed E-state index contributed by atoms with van der Waals surface area (Å²) in [4.78, 5) is 12.5. The number of carbonyl (C=O) groups is 1. The first kappa shape index (κ1) is 16.3. The van der Waals surface area contributed by atoms with Gasteiger partial charge in [-0.1, -0.05) is 12.1 Å². The highest BCUT2D eigenvalue weighted by Gasteiger charge is 2.43. The molecule has 1 aliphatic heterocycles. The maximum absolute atomic E-state index is 12.5. The molecule has 2 aliphatic rings. The lowest BCUT2D eigenvalue weighted by atomic mass is 9.75. The van der Waals surface area contributed by atoms with Gasteiger partial charge in [0.1, 0.15) is 5.75 Å². The van der Waals surface area contributed by atoms with Crippen LogP contribution in [0.2, 0.25) is 0 Å². The van der Waals surface area contributed by atoms with Gasteiger partial charge in [-0.05, 0) is 43.4 Å². The van der Waals surface area contributed by atoms with Gasteiger partial charge in [0.15, 0.2) is 0 Å². The summed E-state index contributed by atoms with van der Waals surface area (Å²) in [5.41, 5.74) is 0.812. The number of rotatable bonds is 5. The van der Waals surface area contributed by atoms with E-state index in [4.69, 9.17) is 9.47 Å². The Morgan fingerprint density at radius 2 is 1.96 bits per heavy atom. The molecule has 23 heavy (non-hydrogen) atoms. The second kappa shape index (κ2) is 6.49. The SMILES string of the molecule is COc1ccc(C2CC(NC(=O)C3(C)CC(OC)CN3)C2)cc1. The van der Waals surface area contributed by atoms with Crippen LogP contribution >= 0.6 is 0 Å². The lowest BCUT2D eigenvalue weighted by molar-refractivity contribution is -0.128. The second-order valence-corrected chi connectivity index (χ2v) is 6.89. The van der Waals surface area contributed by atoms with E-state index in [-0.39, 0.29) is 18.1 Å². The minimum Gasteiger partial charge on any atom is -0.497 e. The molecule has 1 saturated heterocycles. The number of hydrogen-bond donors (Lipinski definition) is 2. The molecule has 0 spiro atoms. The van der Waals surface area contributed by atoms with Crippen LogP contribution in [0.3, 0.4) is 0 Å². The zero-order valence-corrected chi connectivity index (χ0v) is 14.1. The fraction of sp³-hybridized carbons (Fsp3) is 0.611. The molecule has 1 heterocycles. The highest BCUT2D eigenvalue weighted by atomic mass is 16.5. The molecule has 126 valence electrons. The minimum atomic E-state index is -0.508. The van der Waals surface area contributed by atoms with Crippen LogP contribution in [0.15, 0.2) is 24.3 Å². The van der Waals surface area contributed by atoms with Crippen LogP contribution in [0.1, 0.15) is 37.7 Å². The van der Waals surface area contributed by atoms with Gasteiger partial charge in [-0.2, -0.15) is 0 Å². The maximum atomic E-state index is 12.5. The highest BCUT2D eigenvalue weighted by molar-refractivity contribution is 5.86. The van der Waals surface area contributed by atoms with E-state index < -0.39 is 5.54 Å². The van der Waals surface area contributed by atoms with Gasteiger partial charge in [0.2, 0.25) is 5.91 Å². The molecule has 0 aromatic heterocycles. The molecule has 5 heteroatoms. The third-order valence-corrected chi connectivity index (χ3v) is 5.25. The maximum Gasteiger partial charge on any atom is 0.240 e. The molecule has 1 amide bonds. The number of amides is 1. The molecular weight excluding hydrogens is 292 g/mol. The molecule has 0 radical (unpaired) electrons. The predicted molar refractivity (Wildman–Crippen MR) is 88.7 cm³/mol. The first-order valence-electron chi connectivity index (χ1n) is 8.27. The van der Waals surface area contributed by atoms with Crippen molar-refractivity contribution in [3.63, 3.8) is 0 Å². The Kier molecular flexibility index (Phi) is 4.60. The van der Waals surface area contributed by atoms with Crippen molar-refractivity contribution in [2.24, 2.45) is 0 Å². The molecule has 2 fully saturated rings. The normalized spacial score (nSPS) is 33.1. The van der Waals surface area contributed by atoms with Crippen LogP contribution in [-0.4, -0.2) is 44.4 Å². The van der Waals surface area contributed by atoms with Crippen molar-refractivity contribution in [3.8, 4) is 5.75 Å². The standard InChI is InChI=1S/C18H26N2O3/c1-18(10-16(23-3)11-19-18)17(21)20-14-8-13(9-14)12-4-6-15(22-2)7-5-12/h4-7,13-14,16,19H,8-11H2,1-3H3,(H,20,21). The average molecular weight is 318 g/mol. The van der Waals surface area contributed by atoms with E-state index in [9.17, 15) is 4.79 Å². The number of nitrogens with one attached hydrogen (secondary N) is 2. The lowest BCUT2D eigenvalue weighted by Crippen LogP contribution is -2.56. The molecule has 1 aliphatic carbocycles. The van der Waals surface area contributed by atoms with Crippen LogP contribution in [0.25, 0.3) is 0 Å². The largest absolute Gasteiger partial charge is 0.497 e. The molecular formula is C18H26N2O3. The number of hydrogen-bond acceptors (Lipinski definition) is 4. The Labute approximate surface area is 137 Å². The van der Waals surface area contributed by atoms with Crippen LogP contribution < -0.4 is 15.4 Å². The van der Waals surface area contributed by atoms with Crippen LogP contribution in [-0.2, 0) is 9.53 Å². The van der Waals surface area contributed by atoms with Gasteiger partial charge in [-0.3, -0.25) is 4.79 Å². The van der Waals surface area contributed by atoms with Gasteiger partial charge in [0.05, 0.1) is 18.8 Å². The summed E-state index contributed by atoms with van der Waals surface area (Å²) in [6, 6.07) is 8.50. The summed E-state index contributed by atoms with van der Waals surface area (Å²) in [6.07, 6.45) is 2.85. The van der Waals surface area contributed by atoms with Crippen molar-refractivity contribution in [1.29, 1.82) is 0 Å². The third kappa shape index (κ3) is 3.35. The van der Waals surface area contributed by atoms with E-state index >= 15 is 0 Å². The topological polar surface area (TPSA) is 59.6 Å². The predicted octanol–water partition coefficient (Wildman–Crippen LogP) is 1.82. The van der Waals surface area contributed by atoms with Gasteiger partial charge < -0.3 is 20.1 Å². The Morgan fingerprint density at radius 1 is 1.26 bits per heavy atom. The summed E-state index contributed by atoms with van der Waals surface area (Å²) in [6.45, 7) is 2.69. The zero-order chi connectivity index (χ0) is 16.4. The van der Waals surface area contributed by atoms with Gasteiger partial charge in [-0.25, -0.2) is 0 Å². The average Bonchev–Trinajstić information content (AvgIpc) is 2.93. The summed E-state index contributed by atoms with van der Waals surface area (Å²) in [5.74, 6) is 1.50. The van der Waals surface area contributed by atoms with Gasteiger partial charge in [0.25, 0.3) is 0 Å². The molecule has 3 rings (SSSR count). The Hall–Kier alpha value is -1.59. The molecule has 1 saturated carbocycles. The smallest absolute Gasteiger partial charge is 0.240 e. The molecule has 5 nitrogen and oxygen atoms in total. The summed E-state index contributed by atoms with van der Waals surface area (Å²) in [7, 11) is 3.37. The Bertz CT molecular complexity index is 554. The van der Waals surface area contributed by atoms with Crippen molar-refractivity contribution in [2.75, 3.05) is 20.8 Å². The molecule has 2 unspecified atom stereocenters. The zero-order valence-electron chi connectivity index (χ0n) is 14.1. The minimum absolute atomic E-state index is 0.0928. The number of carbonyl (C=O) groups excluding carboxylic acids is 1. The third-order valence-electron chi connectivity index (χ3n) is 5.25. The van der Waals surface area contributed by atoms with Gasteiger partial charge >= 0.3 is 0 Å². The van der Waals surface area contributed by atoms with Crippen LogP contribution in [0, 0.1) is 0 Å². The fourth-order valence-corrected chi connectivity index (χ4v) is 3.51. The molecule has 1 aromatic carbocycles. The van der Waals surface area contributed by atoms with Crippen molar-refractivity contribution in [3.05, 3.63) is 29.8 Å². The quantitative estimate of drug-likeness (QED) is 0.869. The van der Waals surface area contributed by atoms with Crippen LogP contribution in [0.4, 0.5) is 0 Å². The summed E-state index contributed by atoms with van der Waals surface area (Å²) in [5, 5.41) is 6.48. The van der Waals surface area contributed by atoms with E-state index in [0.717, 1.165) is 31.6 Å². The van der Waals surface area contributed by atoms with Crippen molar-refractivity contribution in [1.82, 2.24) is 10.6 Å². The number of methoxy groups -OCH3 is 2. The monoisotopic (exact) mass is 318 g/mol. The second-order valence-electron chi connectivity index (χ2n) is 6.89. The fourth-order valence-electron chi connectivity index (χ4n) is 3.51. The van der Waals surface area contributed by atoms with E-state index in [1.807, 2.05) is 19.1 Å². The highest BCUT2D eigenvalue weighted by Crippen LogP contribution is 2.37. The Balaban J connectivity index is 1.49. The number of benzene rings is 1. The lowest BCUT2D eigenvalue weighted by Gasteiger charge is -2.38. The summed E-state index contributed by atoms with van der Waals surface area (Å²) < 4.78 is 10.5. The molecule has 0 bridgehead atoms. The van der Waals surface area contributed by atoms with E-state index in [2.05, 4.69) is 22.8 Å². The van der Waals surface area contributed by atoms with Crippen molar-refractivity contribution >= 4 is 5.91 Å². The van der Waals surface area contributed by atoms with E-state index in [0.29, 0.717) is 5.92 Å². The molecule has 1 aromatic rings. The molecule has 2 atom stereocenters. The molecule has 2 N–H and O–H groups in total. The van der Waals surface area contributed by atoms with Crippen molar-refractivity contribution in [2.45, 2.75) is 49.8 Å². The summed E-state index contributed by atoms with van der Waals surface area (Å²) >= 11 is 0. The van der Waals surface area contributed by atoms with E-state index in [1.54, 1.807) is 14.2 Å². The van der Waals surface area contributed by atoms with Gasteiger partial charge in [-0.15, -0.1) is 0 Å². The Morgan fingerprint density at radius 3 is 2.52 bits per heavy atom.